The van der Waals surface area contributed by atoms with E-state index in [0.717, 1.165) is 5.56 Å². The molecule has 1 atom stereocenters. The molecular weight excluding hydrogens is 266 g/mol. The maximum atomic E-state index is 11.5. The van der Waals surface area contributed by atoms with Crippen LogP contribution in [0.3, 0.4) is 0 Å². The fraction of sp³-hybridized carbons (Fsp3) is 0.429. The SMILES string of the molecule is CC(C)C[C@@H]([C]=O)NC(=O)OCc1ccc(Cl)cc1. The maximum Gasteiger partial charge on any atom is 0.408 e. The van der Waals surface area contributed by atoms with E-state index in [1.807, 2.05) is 13.8 Å². The zero-order valence-electron chi connectivity index (χ0n) is 11.0. The minimum atomic E-state index is -0.627. The van der Waals surface area contributed by atoms with E-state index in [-0.39, 0.29) is 6.61 Å². The molecule has 0 aromatic heterocycles. The lowest BCUT2D eigenvalue weighted by Crippen LogP contribution is -2.37. The number of carbonyl (C=O) groups excluding carboxylic acids is 2. The summed E-state index contributed by atoms with van der Waals surface area (Å²) < 4.78 is 5.01. The van der Waals surface area contributed by atoms with Gasteiger partial charge in [0.2, 0.25) is 6.29 Å². The number of hydrogen-bond donors (Lipinski definition) is 1. The molecule has 0 heterocycles. The number of carbonyl (C=O) groups is 1. The first-order valence-electron chi connectivity index (χ1n) is 6.06. The van der Waals surface area contributed by atoms with Crippen LogP contribution >= 0.6 is 11.6 Å². The molecule has 1 amide bonds. The molecule has 5 heteroatoms. The summed E-state index contributed by atoms with van der Waals surface area (Å²) in [6, 6.07) is 6.36. The maximum absolute atomic E-state index is 11.5. The Hall–Kier alpha value is -1.55. The Bertz CT molecular complexity index is 417. The second-order valence-electron chi connectivity index (χ2n) is 4.65. The minimum absolute atomic E-state index is 0.135. The van der Waals surface area contributed by atoms with Crippen LogP contribution in [0.4, 0.5) is 4.79 Å². The van der Waals surface area contributed by atoms with Crippen LogP contribution in [-0.2, 0) is 16.1 Å². The Balaban J connectivity index is 2.38. The molecule has 0 aliphatic heterocycles. The van der Waals surface area contributed by atoms with Crippen molar-refractivity contribution in [1.82, 2.24) is 5.32 Å². The van der Waals surface area contributed by atoms with E-state index >= 15 is 0 Å². The summed E-state index contributed by atoms with van der Waals surface area (Å²) in [6.45, 7) is 4.06. The highest BCUT2D eigenvalue weighted by atomic mass is 35.5. The van der Waals surface area contributed by atoms with E-state index in [1.54, 1.807) is 30.6 Å². The van der Waals surface area contributed by atoms with E-state index in [9.17, 15) is 9.59 Å². The molecule has 0 aliphatic carbocycles. The van der Waals surface area contributed by atoms with Gasteiger partial charge in [0.15, 0.2) is 0 Å². The van der Waals surface area contributed by atoms with Gasteiger partial charge < -0.3 is 10.1 Å². The monoisotopic (exact) mass is 282 g/mol. The van der Waals surface area contributed by atoms with Crippen molar-refractivity contribution in [3.8, 4) is 0 Å². The number of ether oxygens (including phenoxy) is 1. The van der Waals surface area contributed by atoms with Crippen LogP contribution in [0.25, 0.3) is 0 Å². The topological polar surface area (TPSA) is 55.4 Å². The van der Waals surface area contributed by atoms with Crippen LogP contribution in [0, 0.1) is 5.92 Å². The average molecular weight is 283 g/mol. The predicted molar refractivity (Wildman–Crippen MR) is 73.7 cm³/mol. The molecule has 1 aromatic rings. The number of halogens is 1. The fourth-order valence-electron chi connectivity index (χ4n) is 1.52. The van der Waals surface area contributed by atoms with Gasteiger partial charge in [0.1, 0.15) is 6.61 Å². The molecule has 1 N–H and O–H groups in total. The van der Waals surface area contributed by atoms with Gasteiger partial charge in [0.25, 0.3) is 0 Å². The molecule has 1 radical (unpaired) electrons. The molecule has 4 nitrogen and oxygen atoms in total. The van der Waals surface area contributed by atoms with Crippen molar-refractivity contribution in [3.63, 3.8) is 0 Å². The van der Waals surface area contributed by atoms with Gasteiger partial charge in [-0.25, -0.2) is 4.79 Å². The van der Waals surface area contributed by atoms with E-state index in [2.05, 4.69) is 5.32 Å². The second-order valence-corrected chi connectivity index (χ2v) is 5.08. The van der Waals surface area contributed by atoms with Gasteiger partial charge >= 0.3 is 6.09 Å². The first-order chi connectivity index (χ1) is 9.01. The minimum Gasteiger partial charge on any atom is -0.445 e. The smallest absolute Gasteiger partial charge is 0.408 e. The molecule has 103 valence electrons. The number of rotatable bonds is 6. The van der Waals surface area contributed by atoms with Crippen molar-refractivity contribution in [1.29, 1.82) is 0 Å². The summed E-state index contributed by atoms with van der Waals surface area (Å²) in [4.78, 5) is 22.2. The van der Waals surface area contributed by atoms with Crippen LogP contribution in [0.15, 0.2) is 24.3 Å². The third-order valence-electron chi connectivity index (χ3n) is 2.42. The molecule has 0 unspecified atom stereocenters. The molecule has 1 rings (SSSR count). The highest BCUT2D eigenvalue weighted by molar-refractivity contribution is 6.30. The normalized spacial score (nSPS) is 12.0. The zero-order valence-corrected chi connectivity index (χ0v) is 11.7. The molecule has 0 bridgehead atoms. The Morgan fingerprint density at radius 3 is 2.53 bits per heavy atom. The molecule has 0 spiro atoms. The van der Waals surface area contributed by atoms with Crippen molar-refractivity contribution in [2.24, 2.45) is 5.92 Å². The molecular formula is C14H17ClNO3. The summed E-state index contributed by atoms with van der Waals surface area (Å²) >= 11 is 5.75. The number of alkyl carbamates (subject to hydrolysis) is 1. The molecule has 19 heavy (non-hydrogen) atoms. The summed E-state index contributed by atoms with van der Waals surface area (Å²) in [7, 11) is 0. The van der Waals surface area contributed by atoms with E-state index < -0.39 is 12.1 Å². The number of amides is 1. The number of hydrogen-bond acceptors (Lipinski definition) is 3. The third-order valence-corrected chi connectivity index (χ3v) is 2.68. The Morgan fingerprint density at radius 1 is 1.37 bits per heavy atom. The fourth-order valence-corrected chi connectivity index (χ4v) is 1.65. The Morgan fingerprint density at radius 2 is 2.00 bits per heavy atom. The standard InChI is InChI=1S/C14H17ClNO3/c1-10(2)7-13(8-17)16-14(18)19-9-11-3-5-12(15)6-4-11/h3-6,10,13H,7,9H2,1-2H3,(H,16,18)/t13-/m0/s1. The summed E-state index contributed by atoms with van der Waals surface area (Å²) in [5.74, 6) is 0.294. The Kier molecular flexibility index (Phi) is 6.36. The van der Waals surface area contributed by atoms with Crippen LogP contribution in [0.2, 0.25) is 5.02 Å². The van der Waals surface area contributed by atoms with Crippen LogP contribution in [0.1, 0.15) is 25.8 Å². The predicted octanol–water partition coefficient (Wildman–Crippen LogP) is 3.09. The van der Waals surface area contributed by atoms with Crippen molar-refractivity contribution in [3.05, 3.63) is 34.9 Å². The molecule has 0 saturated heterocycles. The van der Waals surface area contributed by atoms with E-state index in [1.165, 1.54) is 0 Å². The highest BCUT2D eigenvalue weighted by Gasteiger charge is 2.14. The third kappa shape index (κ3) is 6.25. The number of benzene rings is 1. The van der Waals surface area contributed by atoms with Crippen LogP contribution in [0.5, 0.6) is 0 Å². The summed E-state index contributed by atoms with van der Waals surface area (Å²) in [5, 5.41) is 3.09. The lowest BCUT2D eigenvalue weighted by molar-refractivity contribution is 0.137. The summed E-state index contributed by atoms with van der Waals surface area (Å²) in [6.07, 6.45) is 1.71. The second kappa shape index (κ2) is 7.79. The van der Waals surface area contributed by atoms with Crippen molar-refractivity contribution in [2.45, 2.75) is 32.9 Å². The van der Waals surface area contributed by atoms with Gasteiger partial charge in [-0.15, -0.1) is 0 Å². The molecule has 0 aliphatic rings. The number of nitrogens with one attached hydrogen (secondary N) is 1. The van der Waals surface area contributed by atoms with Gasteiger partial charge in [0.05, 0.1) is 6.04 Å². The van der Waals surface area contributed by atoms with Crippen molar-refractivity contribution in [2.75, 3.05) is 0 Å². The van der Waals surface area contributed by atoms with Crippen LogP contribution < -0.4 is 5.32 Å². The first kappa shape index (κ1) is 15.5. The lowest BCUT2D eigenvalue weighted by Gasteiger charge is -2.14. The van der Waals surface area contributed by atoms with Gasteiger partial charge in [-0.2, -0.15) is 0 Å². The average Bonchev–Trinajstić information content (AvgIpc) is 2.36. The largest absolute Gasteiger partial charge is 0.445 e. The summed E-state index contributed by atoms with van der Waals surface area (Å²) in [5.41, 5.74) is 0.829. The van der Waals surface area contributed by atoms with Gasteiger partial charge in [-0.1, -0.05) is 37.6 Å². The van der Waals surface area contributed by atoms with Gasteiger partial charge in [-0.05, 0) is 30.0 Å². The van der Waals surface area contributed by atoms with Gasteiger partial charge in [0, 0.05) is 5.02 Å². The quantitative estimate of drug-likeness (QED) is 0.872. The van der Waals surface area contributed by atoms with E-state index in [4.69, 9.17) is 16.3 Å². The van der Waals surface area contributed by atoms with Crippen molar-refractivity contribution >= 4 is 24.0 Å². The van der Waals surface area contributed by atoms with Crippen LogP contribution in [-0.4, -0.2) is 18.4 Å². The van der Waals surface area contributed by atoms with Crippen molar-refractivity contribution < 1.29 is 14.3 Å². The van der Waals surface area contributed by atoms with Gasteiger partial charge in [-0.3, -0.25) is 4.79 Å². The molecule has 1 aromatic carbocycles. The Labute approximate surface area is 118 Å². The lowest BCUT2D eigenvalue weighted by atomic mass is 10.1. The highest BCUT2D eigenvalue weighted by Crippen LogP contribution is 2.10. The molecule has 0 fully saturated rings. The zero-order chi connectivity index (χ0) is 14.3. The van der Waals surface area contributed by atoms with E-state index in [0.29, 0.717) is 17.4 Å². The first-order valence-corrected chi connectivity index (χ1v) is 6.44. The molecule has 0 saturated carbocycles.